The lowest BCUT2D eigenvalue weighted by molar-refractivity contribution is 0.102. The molecule has 0 aliphatic rings. The highest BCUT2D eigenvalue weighted by atomic mass is 32.2. The molecule has 2 aromatic rings. The van der Waals surface area contributed by atoms with Crippen LogP contribution in [0.1, 0.15) is 21.6 Å². The van der Waals surface area contributed by atoms with E-state index in [9.17, 15) is 13.2 Å². The van der Waals surface area contributed by atoms with Gasteiger partial charge in [0.25, 0.3) is 5.91 Å². The third kappa shape index (κ3) is 3.52. The van der Waals surface area contributed by atoms with Gasteiger partial charge in [0, 0.05) is 19.8 Å². The number of anilines is 2. The molecule has 128 valence electrons. The quantitative estimate of drug-likeness (QED) is 0.855. The first-order valence-corrected chi connectivity index (χ1v) is 8.49. The fraction of sp³-hybridized carbons (Fsp3) is 0.267. The van der Waals surface area contributed by atoms with Gasteiger partial charge in [-0.1, -0.05) is 0 Å². The lowest BCUT2D eigenvalue weighted by Gasteiger charge is -2.16. The maximum atomic E-state index is 12.3. The Kier molecular flexibility index (Phi) is 4.86. The fourth-order valence-electron chi connectivity index (χ4n) is 1.96. The minimum atomic E-state index is -3.61. The number of amides is 1. The third-order valence-corrected chi connectivity index (χ3v) is 5.36. The number of aryl methyl sites for hydroxylation is 1. The summed E-state index contributed by atoms with van der Waals surface area (Å²) in [5, 5.41) is 2.67. The van der Waals surface area contributed by atoms with Crippen LogP contribution < -0.4 is 11.1 Å². The molecule has 1 amide bonds. The molecule has 1 aromatic carbocycles. The van der Waals surface area contributed by atoms with Gasteiger partial charge in [-0.25, -0.2) is 22.7 Å². The summed E-state index contributed by atoms with van der Waals surface area (Å²) < 4.78 is 25.8. The highest BCUT2D eigenvalue weighted by Crippen LogP contribution is 2.25. The van der Waals surface area contributed by atoms with E-state index >= 15 is 0 Å². The van der Waals surface area contributed by atoms with Crippen molar-refractivity contribution in [2.45, 2.75) is 18.7 Å². The van der Waals surface area contributed by atoms with E-state index < -0.39 is 15.9 Å². The minimum Gasteiger partial charge on any atom is -0.382 e. The molecule has 0 aliphatic heterocycles. The Hall–Kier alpha value is -2.52. The minimum absolute atomic E-state index is 0.0853. The summed E-state index contributed by atoms with van der Waals surface area (Å²) in [6, 6.07) is 3.00. The van der Waals surface area contributed by atoms with Gasteiger partial charge in [-0.2, -0.15) is 0 Å². The van der Waals surface area contributed by atoms with E-state index in [1.54, 1.807) is 19.9 Å². The van der Waals surface area contributed by atoms with E-state index in [2.05, 4.69) is 15.3 Å². The number of sulfonamides is 1. The number of aromatic nitrogens is 2. The van der Waals surface area contributed by atoms with Crippen molar-refractivity contribution in [3.63, 3.8) is 0 Å². The SMILES string of the molecule is Cc1cc(S(=O)(=O)N(C)C)cc(NC(=O)c2cnc(N)cn2)c1C. The number of benzene rings is 1. The molecule has 8 nitrogen and oxygen atoms in total. The number of carbonyl (C=O) groups excluding carboxylic acids is 1. The molecule has 0 radical (unpaired) electrons. The van der Waals surface area contributed by atoms with Crippen LogP contribution >= 0.6 is 0 Å². The Balaban J connectivity index is 2.41. The van der Waals surface area contributed by atoms with Gasteiger partial charge < -0.3 is 11.1 Å². The molecular formula is C15H19N5O3S. The van der Waals surface area contributed by atoms with Crippen LogP contribution in [0.4, 0.5) is 11.5 Å². The summed E-state index contributed by atoms with van der Waals surface area (Å²) in [5.41, 5.74) is 7.44. The lowest BCUT2D eigenvalue weighted by Crippen LogP contribution is -2.23. The van der Waals surface area contributed by atoms with Crippen molar-refractivity contribution in [1.29, 1.82) is 0 Å². The van der Waals surface area contributed by atoms with Gasteiger partial charge in [0.15, 0.2) is 0 Å². The molecule has 1 aromatic heterocycles. The number of hydrogen-bond donors (Lipinski definition) is 2. The van der Waals surface area contributed by atoms with Crippen LogP contribution in [0.2, 0.25) is 0 Å². The zero-order chi connectivity index (χ0) is 18.1. The molecule has 0 saturated carbocycles. The summed E-state index contributed by atoms with van der Waals surface area (Å²) in [6.45, 7) is 3.58. The van der Waals surface area contributed by atoms with Crippen molar-refractivity contribution in [1.82, 2.24) is 14.3 Å². The molecule has 9 heteroatoms. The summed E-state index contributed by atoms with van der Waals surface area (Å²) in [4.78, 5) is 20.1. The molecule has 1 heterocycles. The van der Waals surface area contributed by atoms with Gasteiger partial charge in [0.2, 0.25) is 10.0 Å². The first-order chi connectivity index (χ1) is 11.1. The summed E-state index contributed by atoms with van der Waals surface area (Å²) in [7, 11) is -0.705. The van der Waals surface area contributed by atoms with Gasteiger partial charge in [0.1, 0.15) is 11.5 Å². The smallest absolute Gasteiger partial charge is 0.275 e. The predicted octanol–water partition coefficient (Wildman–Crippen LogP) is 1.18. The first-order valence-electron chi connectivity index (χ1n) is 7.05. The van der Waals surface area contributed by atoms with Crippen LogP contribution in [-0.2, 0) is 10.0 Å². The van der Waals surface area contributed by atoms with E-state index in [1.807, 2.05) is 0 Å². The molecule has 3 N–H and O–H groups in total. The standard InChI is InChI=1S/C15H19N5O3S/c1-9-5-11(24(22,23)20(3)4)6-12(10(9)2)19-15(21)13-7-18-14(16)8-17-13/h5-8H,1-4H3,(H2,16,18)(H,19,21). The Morgan fingerprint density at radius 2 is 1.83 bits per heavy atom. The fourth-order valence-corrected chi connectivity index (χ4v) is 2.97. The molecule has 0 unspecified atom stereocenters. The third-order valence-electron chi connectivity index (χ3n) is 3.57. The Bertz CT molecular complexity index is 877. The maximum Gasteiger partial charge on any atom is 0.275 e. The van der Waals surface area contributed by atoms with E-state index in [1.165, 1.54) is 32.6 Å². The van der Waals surface area contributed by atoms with Gasteiger partial charge in [-0.15, -0.1) is 0 Å². The normalized spacial score (nSPS) is 11.5. The van der Waals surface area contributed by atoms with Crippen LogP contribution in [0.3, 0.4) is 0 Å². The van der Waals surface area contributed by atoms with Crippen molar-refractivity contribution >= 4 is 27.4 Å². The number of nitrogens with two attached hydrogens (primary N) is 1. The number of nitrogen functional groups attached to an aromatic ring is 1. The number of hydrogen-bond acceptors (Lipinski definition) is 6. The van der Waals surface area contributed by atoms with Crippen LogP contribution in [0, 0.1) is 13.8 Å². The molecule has 0 atom stereocenters. The van der Waals surface area contributed by atoms with Gasteiger partial charge in [-0.3, -0.25) is 4.79 Å². The van der Waals surface area contributed by atoms with E-state index in [0.29, 0.717) is 5.69 Å². The molecule has 0 fully saturated rings. The second-order valence-corrected chi connectivity index (χ2v) is 7.63. The molecule has 2 rings (SSSR count). The average molecular weight is 349 g/mol. The van der Waals surface area contributed by atoms with Gasteiger partial charge in [-0.05, 0) is 37.1 Å². The van der Waals surface area contributed by atoms with Crippen molar-refractivity contribution in [3.05, 3.63) is 41.3 Å². The first kappa shape index (κ1) is 17.8. The highest BCUT2D eigenvalue weighted by Gasteiger charge is 2.20. The van der Waals surface area contributed by atoms with E-state index in [4.69, 9.17) is 5.73 Å². The van der Waals surface area contributed by atoms with Crippen LogP contribution in [-0.4, -0.2) is 42.7 Å². The molecular weight excluding hydrogens is 330 g/mol. The average Bonchev–Trinajstić information content (AvgIpc) is 2.51. The second kappa shape index (κ2) is 6.54. The van der Waals surface area contributed by atoms with Crippen molar-refractivity contribution in [2.24, 2.45) is 0 Å². The van der Waals surface area contributed by atoms with Crippen LogP contribution in [0.25, 0.3) is 0 Å². The van der Waals surface area contributed by atoms with Crippen LogP contribution in [0.5, 0.6) is 0 Å². The van der Waals surface area contributed by atoms with Gasteiger partial charge in [0.05, 0.1) is 17.3 Å². The van der Waals surface area contributed by atoms with Crippen molar-refractivity contribution in [3.8, 4) is 0 Å². The lowest BCUT2D eigenvalue weighted by atomic mass is 10.1. The predicted molar refractivity (Wildman–Crippen MR) is 91.2 cm³/mol. The summed E-state index contributed by atoms with van der Waals surface area (Å²) >= 11 is 0. The Labute approximate surface area is 140 Å². The number of nitrogens with zero attached hydrogens (tertiary/aromatic N) is 3. The Morgan fingerprint density at radius 1 is 1.17 bits per heavy atom. The number of nitrogens with one attached hydrogen (secondary N) is 1. The highest BCUT2D eigenvalue weighted by molar-refractivity contribution is 7.89. The maximum absolute atomic E-state index is 12.3. The topological polar surface area (TPSA) is 118 Å². The zero-order valence-electron chi connectivity index (χ0n) is 13.9. The number of rotatable bonds is 4. The Morgan fingerprint density at radius 3 is 2.38 bits per heavy atom. The largest absolute Gasteiger partial charge is 0.382 e. The molecule has 0 aliphatic carbocycles. The van der Waals surface area contributed by atoms with Crippen molar-refractivity contribution < 1.29 is 13.2 Å². The summed E-state index contributed by atoms with van der Waals surface area (Å²) in [6.07, 6.45) is 2.53. The zero-order valence-corrected chi connectivity index (χ0v) is 14.7. The molecule has 0 spiro atoms. The summed E-state index contributed by atoms with van der Waals surface area (Å²) in [5.74, 6) is -0.290. The molecule has 0 saturated heterocycles. The molecule has 0 bridgehead atoms. The van der Waals surface area contributed by atoms with Crippen LogP contribution in [0.15, 0.2) is 29.4 Å². The van der Waals surface area contributed by atoms with Crippen molar-refractivity contribution in [2.75, 3.05) is 25.1 Å². The van der Waals surface area contributed by atoms with E-state index in [0.717, 1.165) is 15.4 Å². The van der Waals surface area contributed by atoms with E-state index in [-0.39, 0.29) is 16.4 Å². The second-order valence-electron chi connectivity index (χ2n) is 5.48. The number of carbonyl (C=O) groups is 1. The van der Waals surface area contributed by atoms with Gasteiger partial charge >= 0.3 is 0 Å². The molecule has 24 heavy (non-hydrogen) atoms. The monoisotopic (exact) mass is 349 g/mol.